The van der Waals surface area contributed by atoms with E-state index < -0.39 is 0 Å². The maximum absolute atomic E-state index is 4.91. The van der Waals surface area contributed by atoms with E-state index in [4.69, 9.17) is 4.99 Å². The number of aromatic nitrogens is 5. The summed E-state index contributed by atoms with van der Waals surface area (Å²) in [5.41, 5.74) is 1.32. The van der Waals surface area contributed by atoms with Gasteiger partial charge in [-0.25, -0.2) is 0 Å². The van der Waals surface area contributed by atoms with E-state index in [0.29, 0.717) is 11.8 Å². The zero-order chi connectivity index (χ0) is 21.5. The smallest absolute Gasteiger partial charge is 0.193 e. The number of aryl methyl sites for hydroxylation is 2. The Morgan fingerprint density at radius 1 is 1.35 bits per heavy atom. The van der Waals surface area contributed by atoms with Gasteiger partial charge in [0.05, 0.1) is 6.20 Å². The highest BCUT2D eigenvalue weighted by Gasteiger charge is 2.26. The third-order valence-electron chi connectivity index (χ3n) is 5.36. The summed E-state index contributed by atoms with van der Waals surface area (Å²) in [4.78, 5) is 7.29. The van der Waals surface area contributed by atoms with Crippen molar-refractivity contribution in [1.82, 2.24) is 34.8 Å². The Morgan fingerprint density at radius 3 is 2.81 bits per heavy atom. The van der Waals surface area contributed by atoms with Gasteiger partial charge in [-0.05, 0) is 37.5 Å². The van der Waals surface area contributed by atoms with Crippen molar-refractivity contribution in [2.75, 3.05) is 32.4 Å². The third kappa shape index (κ3) is 7.10. The van der Waals surface area contributed by atoms with Crippen LogP contribution in [0, 0.1) is 5.92 Å². The lowest BCUT2D eigenvalue weighted by Crippen LogP contribution is -2.40. The summed E-state index contributed by atoms with van der Waals surface area (Å²) in [6.45, 7) is 11.3. The largest absolute Gasteiger partial charge is 0.357 e. The molecule has 10 heteroatoms. The SMILES string of the molecule is CCNC(=NCCCc1nnc(SC)n1CC(C)C)N1CCC(c2cnn(C)c2)C1.I. The average molecular weight is 561 g/mol. The molecule has 0 radical (unpaired) electrons. The van der Waals surface area contributed by atoms with Crippen LogP contribution in [-0.2, 0) is 20.0 Å². The maximum atomic E-state index is 4.91. The van der Waals surface area contributed by atoms with Gasteiger partial charge in [0, 0.05) is 58.3 Å². The first-order valence-electron chi connectivity index (χ1n) is 11.0. The van der Waals surface area contributed by atoms with Crippen LogP contribution in [0.2, 0.25) is 0 Å². The number of guanidine groups is 1. The van der Waals surface area contributed by atoms with Crippen LogP contribution >= 0.6 is 35.7 Å². The highest BCUT2D eigenvalue weighted by molar-refractivity contribution is 14.0. The Hall–Kier alpha value is -1.30. The van der Waals surface area contributed by atoms with Crippen molar-refractivity contribution in [2.45, 2.75) is 57.7 Å². The van der Waals surface area contributed by atoms with Gasteiger partial charge in [-0.3, -0.25) is 9.67 Å². The molecule has 0 aliphatic carbocycles. The van der Waals surface area contributed by atoms with E-state index in [1.54, 1.807) is 11.8 Å². The van der Waals surface area contributed by atoms with Gasteiger partial charge in [0.1, 0.15) is 5.82 Å². The molecule has 0 aromatic carbocycles. The maximum Gasteiger partial charge on any atom is 0.193 e. The standard InChI is InChI=1S/C21H36N8S.HI/c1-6-22-20(28-11-9-17(15-28)18-12-24-27(4)14-18)23-10-7-8-19-25-26-21(30-5)29(19)13-16(2)3;/h12,14,16-17H,6-11,13,15H2,1-5H3,(H,22,23);1H. The van der Waals surface area contributed by atoms with Gasteiger partial charge in [0.2, 0.25) is 0 Å². The fourth-order valence-electron chi connectivity index (χ4n) is 3.93. The highest BCUT2D eigenvalue weighted by atomic mass is 127. The zero-order valence-electron chi connectivity index (χ0n) is 19.4. The van der Waals surface area contributed by atoms with Crippen LogP contribution in [0.25, 0.3) is 0 Å². The molecule has 1 N–H and O–H groups in total. The van der Waals surface area contributed by atoms with Gasteiger partial charge in [-0.2, -0.15) is 5.10 Å². The number of nitrogens with zero attached hydrogens (tertiary/aromatic N) is 7. The quantitative estimate of drug-likeness (QED) is 0.167. The first-order valence-corrected chi connectivity index (χ1v) is 12.2. The van der Waals surface area contributed by atoms with E-state index in [1.807, 2.05) is 17.9 Å². The van der Waals surface area contributed by atoms with Crippen LogP contribution < -0.4 is 5.32 Å². The molecule has 0 saturated carbocycles. The van der Waals surface area contributed by atoms with Gasteiger partial charge < -0.3 is 14.8 Å². The molecule has 0 amide bonds. The number of aliphatic imine (C=N–C) groups is 1. The molecule has 3 rings (SSSR count). The number of hydrogen-bond donors (Lipinski definition) is 1. The van der Waals surface area contributed by atoms with Crippen molar-refractivity contribution in [3.8, 4) is 0 Å². The van der Waals surface area contributed by atoms with Crippen LogP contribution in [0.4, 0.5) is 0 Å². The molecule has 174 valence electrons. The van der Waals surface area contributed by atoms with Crippen LogP contribution in [0.3, 0.4) is 0 Å². The van der Waals surface area contributed by atoms with E-state index >= 15 is 0 Å². The van der Waals surface area contributed by atoms with E-state index in [2.05, 4.69) is 63.3 Å². The van der Waals surface area contributed by atoms with Gasteiger partial charge in [0.15, 0.2) is 11.1 Å². The number of halogens is 1. The summed E-state index contributed by atoms with van der Waals surface area (Å²) in [5, 5.41) is 17.6. The molecule has 1 fully saturated rings. The zero-order valence-corrected chi connectivity index (χ0v) is 22.6. The Balaban J connectivity index is 0.00000341. The van der Waals surface area contributed by atoms with Crippen molar-refractivity contribution in [1.29, 1.82) is 0 Å². The minimum Gasteiger partial charge on any atom is -0.357 e. The molecule has 1 aliphatic heterocycles. The van der Waals surface area contributed by atoms with Gasteiger partial charge in [-0.1, -0.05) is 25.6 Å². The highest BCUT2D eigenvalue weighted by Crippen LogP contribution is 2.26. The molecule has 1 saturated heterocycles. The second-order valence-corrected chi connectivity index (χ2v) is 9.10. The molecule has 1 atom stereocenters. The van der Waals surface area contributed by atoms with Crippen molar-refractivity contribution < 1.29 is 0 Å². The fraction of sp³-hybridized carbons (Fsp3) is 0.714. The Morgan fingerprint density at radius 2 is 2.16 bits per heavy atom. The molecule has 1 aliphatic rings. The predicted molar refractivity (Wildman–Crippen MR) is 138 cm³/mol. The molecule has 31 heavy (non-hydrogen) atoms. The van der Waals surface area contributed by atoms with Crippen LogP contribution in [0.5, 0.6) is 0 Å². The first kappa shape index (κ1) is 26.0. The Labute approximate surface area is 207 Å². The summed E-state index contributed by atoms with van der Waals surface area (Å²) in [6, 6.07) is 0. The topological polar surface area (TPSA) is 76.2 Å². The van der Waals surface area contributed by atoms with E-state index in [0.717, 1.165) is 68.9 Å². The van der Waals surface area contributed by atoms with Gasteiger partial charge in [-0.15, -0.1) is 34.2 Å². The summed E-state index contributed by atoms with van der Waals surface area (Å²) in [7, 11) is 1.98. The lowest BCUT2D eigenvalue weighted by molar-refractivity contribution is 0.476. The van der Waals surface area contributed by atoms with E-state index in [9.17, 15) is 0 Å². The first-order chi connectivity index (χ1) is 14.5. The predicted octanol–water partition coefficient (Wildman–Crippen LogP) is 3.40. The van der Waals surface area contributed by atoms with Crippen LogP contribution in [0.15, 0.2) is 22.5 Å². The van der Waals surface area contributed by atoms with Crippen molar-refractivity contribution in [2.24, 2.45) is 18.0 Å². The number of likely N-dealkylation sites (tertiary alicyclic amines) is 1. The molecule has 0 bridgehead atoms. The van der Waals surface area contributed by atoms with Crippen molar-refractivity contribution in [3.05, 3.63) is 23.8 Å². The summed E-state index contributed by atoms with van der Waals surface area (Å²) in [5.74, 6) is 3.21. The van der Waals surface area contributed by atoms with E-state index in [-0.39, 0.29) is 24.0 Å². The van der Waals surface area contributed by atoms with Crippen molar-refractivity contribution >= 4 is 41.7 Å². The number of thioether (sulfide) groups is 1. The second-order valence-electron chi connectivity index (χ2n) is 8.33. The minimum absolute atomic E-state index is 0. The molecule has 1 unspecified atom stereocenters. The lowest BCUT2D eigenvalue weighted by atomic mass is 10.0. The molecule has 2 aromatic heterocycles. The fourth-order valence-corrected chi connectivity index (χ4v) is 4.45. The minimum atomic E-state index is 0. The molecule has 8 nitrogen and oxygen atoms in total. The van der Waals surface area contributed by atoms with Gasteiger partial charge >= 0.3 is 0 Å². The van der Waals surface area contributed by atoms with Crippen LogP contribution in [0.1, 0.15) is 50.9 Å². The number of nitrogens with one attached hydrogen (secondary N) is 1. The summed E-state index contributed by atoms with van der Waals surface area (Å²) < 4.78 is 4.15. The molecular weight excluding hydrogens is 523 g/mol. The lowest BCUT2D eigenvalue weighted by Gasteiger charge is -2.21. The summed E-state index contributed by atoms with van der Waals surface area (Å²) in [6.07, 6.45) is 9.21. The van der Waals surface area contributed by atoms with Crippen molar-refractivity contribution in [3.63, 3.8) is 0 Å². The van der Waals surface area contributed by atoms with Gasteiger partial charge in [0.25, 0.3) is 0 Å². The Kier molecular flexibility index (Phi) is 10.6. The third-order valence-corrected chi connectivity index (χ3v) is 6.03. The second kappa shape index (κ2) is 12.7. The monoisotopic (exact) mass is 560 g/mol. The molecule has 2 aromatic rings. The Bertz CT molecular complexity index is 831. The number of hydrogen-bond acceptors (Lipinski definition) is 5. The molecule has 3 heterocycles. The molecular formula is C21H37IN8S. The average Bonchev–Trinajstić information content (AvgIpc) is 3.44. The summed E-state index contributed by atoms with van der Waals surface area (Å²) >= 11 is 1.66. The number of rotatable bonds is 9. The normalized spacial score (nSPS) is 16.8. The van der Waals surface area contributed by atoms with E-state index in [1.165, 1.54) is 5.56 Å². The molecule has 0 spiro atoms. The van der Waals surface area contributed by atoms with Crippen LogP contribution in [-0.4, -0.2) is 67.8 Å².